The van der Waals surface area contributed by atoms with Crippen LogP contribution in [-0.4, -0.2) is 35.0 Å². The largest absolute Gasteiger partial charge is 0.382 e. The quantitative estimate of drug-likeness (QED) is 0.744. The Bertz CT molecular complexity index is 483. The Labute approximate surface area is 122 Å². The molecule has 1 unspecified atom stereocenters. The fourth-order valence-corrected chi connectivity index (χ4v) is 3.02. The van der Waals surface area contributed by atoms with Crippen molar-refractivity contribution >= 4 is 17.5 Å². The molecule has 110 valence electrons. The fraction of sp³-hybridized carbons (Fsp3) is 0.571. The molecular formula is C14H19NO4S. The van der Waals surface area contributed by atoms with Crippen LogP contribution in [0.1, 0.15) is 48.4 Å². The average Bonchev–Trinajstić information content (AvgIpc) is 2.93. The topological polar surface area (TPSA) is 72.6 Å². The van der Waals surface area contributed by atoms with Crippen molar-refractivity contribution in [3.05, 3.63) is 28.5 Å². The van der Waals surface area contributed by atoms with Gasteiger partial charge in [-0.3, -0.25) is 4.79 Å². The molecule has 1 aromatic rings. The Balaban J connectivity index is 1.75. The monoisotopic (exact) mass is 297 g/mol. The van der Waals surface area contributed by atoms with Crippen LogP contribution in [0.4, 0.5) is 0 Å². The molecule has 0 fully saturated rings. The summed E-state index contributed by atoms with van der Waals surface area (Å²) in [6.07, 6.45) is 5.19. The van der Waals surface area contributed by atoms with Gasteiger partial charge >= 0.3 is 0 Å². The first-order valence-electron chi connectivity index (χ1n) is 6.83. The standard InChI is InChI=1S/C14H19NO4S/c1-2-18-6-4-3-5-7-20-12-8-11(16)14-10(13(12)17)9-15-19-14/h8-9,11,16H,2-7H2,1H3. The van der Waals surface area contributed by atoms with Crippen LogP contribution in [0.3, 0.4) is 0 Å². The number of aromatic nitrogens is 1. The predicted molar refractivity (Wildman–Crippen MR) is 76.7 cm³/mol. The number of fused-ring (bicyclic) bond motifs is 1. The Kier molecular flexibility index (Phi) is 5.82. The number of aliphatic hydroxyl groups excluding tert-OH is 1. The highest BCUT2D eigenvalue weighted by Crippen LogP contribution is 2.33. The number of ketones is 1. The molecule has 0 saturated carbocycles. The van der Waals surface area contributed by atoms with E-state index in [-0.39, 0.29) is 11.5 Å². The van der Waals surface area contributed by atoms with E-state index in [1.807, 2.05) is 6.92 Å². The van der Waals surface area contributed by atoms with Crippen molar-refractivity contribution in [2.75, 3.05) is 19.0 Å². The number of ether oxygens (including phenoxy) is 1. The van der Waals surface area contributed by atoms with E-state index in [9.17, 15) is 9.90 Å². The van der Waals surface area contributed by atoms with E-state index in [4.69, 9.17) is 9.26 Å². The number of allylic oxidation sites excluding steroid dienone is 1. The number of carbonyl (C=O) groups is 1. The maximum absolute atomic E-state index is 12.1. The van der Waals surface area contributed by atoms with Gasteiger partial charge < -0.3 is 14.4 Å². The van der Waals surface area contributed by atoms with Gasteiger partial charge in [0.2, 0.25) is 5.78 Å². The number of carbonyl (C=O) groups excluding carboxylic acids is 1. The third-order valence-electron chi connectivity index (χ3n) is 3.04. The number of rotatable bonds is 8. The maximum atomic E-state index is 12.1. The van der Waals surface area contributed by atoms with E-state index < -0.39 is 6.10 Å². The molecule has 1 heterocycles. The Morgan fingerprint density at radius 1 is 1.45 bits per heavy atom. The molecule has 0 amide bonds. The molecule has 1 aliphatic carbocycles. The summed E-state index contributed by atoms with van der Waals surface area (Å²) in [6.45, 7) is 3.54. The van der Waals surface area contributed by atoms with Gasteiger partial charge in [-0.25, -0.2) is 0 Å². The molecule has 1 N–H and O–H groups in total. The number of thioether (sulfide) groups is 1. The molecule has 0 bridgehead atoms. The summed E-state index contributed by atoms with van der Waals surface area (Å²) in [7, 11) is 0. The van der Waals surface area contributed by atoms with Gasteiger partial charge in [-0.05, 0) is 31.6 Å². The van der Waals surface area contributed by atoms with E-state index in [0.29, 0.717) is 10.5 Å². The molecule has 0 radical (unpaired) electrons. The zero-order valence-corrected chi connectivity index (χ0v) is 12.3. The highest BCUT2D eigenvalue weighted by atomic mass is 32.2. The average molecular weight is 297 g/mol. The first kappa shape index (κ1) is 15.3. The van der Waals surface area contributed by atoms with Crippen LogP contribution in [0.15, 0.2) is 21.7 Å². The minimum absolute atomic E-state index is 0.106. The zero-order valence-electron chi connectivity index (χ0n) is 11.5. The van der Waals surface area contributed by atoms with Gasteiger partial charge in [0.05, 0.1) is 16.7 Å². The lowest BCUT2D eigenvalue weighted by atomic mass is 10.0. The molecule has 20 heavy (non-hydrogen) atoms. The molecule has 2 rings (SSSR count). The lowest BCUT2D eigenvalue weighted by molar-refractivity contribution is 0.101. The van der Waals surface area contributed by atoms with Gasteiger partial charge in [0.15, 0.2) is 5.76 Å². The number of Topliss-reactive ketones (excluding diaryl/α,β-unsaturated/α-hetero) is 1. The Hall–Kier alpha value is -1.11. The van der Waals surface area contributed by atoms with Crippen LogP contribution < -0.4 is 0 Å². The maximum Gasteiger partial charge on any atom is 0.204 e. The number of aliphatic hydroxyl groups is 1. The van der Waals surface area contributed by atoms with Gasteiger partial charge in [-0.15, -0.1) is 11.8 Å². The molecule has 0 aromatic carbocycles. The number of hydrogen-bond donors (Lipinski definition) is 1. The molecule has 0 spiro atoms. The van der Waals surface area contributed by atoms with Gasteiger partial charge in [-0.1, -0.05) is 11.6 Å². The predicted octanol–water partition coefficient (Wildman–Crippen LogP) is 2.73. The van der Waals surface area contributed by atoms with Crippen LogP contribution in [-0.2, 0) is 4.74 Å². The summed E-state index contributed by atoms with van der Waals surface area (Å²) in [6, 6.07) is 0. The summed E-state index contributed by atoms with van der Waals surface area (Å²) in [4.78, 5) is 12.7. The molecule has 1 atom stereocenters. The number of unbranched alkanes of at least 4 members (excludes halogenated alkanes) is 2. The van der Waals surface area contributed by atoms with Crippen molar-refractivity contribution in [3.63, 3.8) is 0 Å². The highest BCUT2D eigenvalue weighted by molar-refractivity contribution is 8.04. The van der Waals surface area contributed by atoms with Crippen molar-refractivity contribution in [1.29, 1.82) is 0 Å². The number of nitrogens with zero attached hydrogens (tertiary/aromatic N) is 1. The fourth-order valence-electron chi connectivity index (χ4n) is 1.98. The van der Waals surface area contributed by atoms with E-state index in [2.05, 4.69) is 5.16 Å². The van der Waals surface area contributed by atoms with Gasteiger partial charge in [0.1, 0.15) is 6.10 Å². The second-order valence-electron chi connectivity index (χ2n) is 4.51. The lowest BCUT2D eigenvalue weighted by Crippen LogP contribution is -2.12. The summed E-state index contributed by atoms with van der Waals surface area (Å²) >= 11 is 1.48. The van der Waals surface area contributed by atoms with E-state index >= 15 is 0 Å². The summed E-state index contributed by atoms with van der Waals surface area (Å²) in [5, 5.41) is 13.4. The second kappa shape index (κ2) is 7.61. The zero-order chi connectivity index (χ0) is 14.4. The summed E-state index contributed by atoms with van der Waals surface area (Å²) in [5.74, 6) is 0.999. The normalized spacial score (nSPS) is 18.0. The third kappa shape index (κ3) is 3.71. The van der Waals surface area contributed by atoms with Gasteiger partial charge in [0.25, 0.3) is 0 Å². The minimum Gasteiger partial charge on any atom is -0.382 e. The summed E-state index contributed by atoms with van der Waals surface area (Å²) in [5.41, 5.74) is 0.374. The van der Waals surface area contributed by atoms with E-state index in [1.54, 1.807) is 6.08 Å². The summed E-state index contributed by atoms with van der Waals surface area (Å²) < 4.78 is 10.1. The molecule has 1 aliphatic rings. The first-order chi connectivity index (χ1) is 9.74. The Morgan fingerprint density at radius 3 is 3.10 bits per heavy atom. The first-order valence-corrected chi connectivity index (χ1v) is 7.82. The van der Waals surface area contributed by atoms with Crippen LogP contribution in [0.2, 0.25) is 0 Å². The van der Waals surface area contributed by atoms with Crippen LogP contribution in [0, 0.1) is 0 Å². The molecular weight excluding hydrogens is 278 g/mol. The second-order valence-corrected chi connectivity index (χ2v) is 5.65. The van der Waals surface area contributed by atoms with Gasteiger partial charge in [-0.2, -0.15) is 0 Å². The van der Waals surface area contributed by atoms with E-state index in [1.165, 1.54) is 18.0 Å². The highest BCUT2D eigenvalue weighted by Gasteiger charge is 2.29. The lowest BCUT2D eigenvalue weighted by Gasteiger charge is -2.14. The SMILES string of the molecule is CCOCCCCCSC1=CC(O)c2oncc2C1=O. The van der Waals surface area contributed by atoms with Crippen LogP contribution in [0.25, 0.3) is 0 Å². The minimum atomic E-state index is -0.870. The molecule has 0 saturated heterocycles. The van der Waals surface area contributed by atoms with E-state index in [0.717, 1.165) is 38.2 Å². The van der Waals surface area contributed by atoms with Crippen molar-refractivity contribution in [3.8, 4) is 0 Å². The number of hydrogen-bond acceptors (Lipinski definition) is 6. The van der Waals surface area contributed by atoms with Gasteiger partial charge in [0, 0.05) is 13.2 Å². The Morgan fingerprint density at radius 2 is 2.30 bits per heavy atom. The van der Waals surface area contributed by atoms with Crippen molar-refractivity contribution in [1.82, 2.24) is 5.16 Å². The molecule has 0 aliphatic heterocycles. The third-order valence-corrected chi connectivity index (χ3v) is 4.16. The van der Waals surface area contributed by atoms with Crippen molar-refractivity contribution in [2.45, 2.75) is 32.3 Å². The van der Waals surface area contributed by atoms with Crippen molar-refractivity contribution in [2.24, 2.45) is 0 Å². The molecule has 5 nitrogen and oxygen atoms in total. The molecule has 6 heteroatoms. The molecule has 1 aromatic heterocycles. The van der Waals surface area contributed by atoms with Crippen molar-refractivity contribution < 1.29 is 19.2 Å². The van der Waals surface area contributed by atoms with Crippen LogP contribution >= 0.6 is 11.8 Å². The smallest absolute Gasteiger partial charge is 0.204 e. The van der Waals surface area contributed by atoms with Crippen LogP contribution in [0.5, 0.6) is 0 Å².